The normalized spacial score (nSPS) is 9.87. The van der Waals surface area contributed by atoms with Crippen LogP contribution < -0.4 is 9.47 Å². The molecule has 0 aliphatic carbocycles. The van der Waals surface area contributed by atoms with Gasteiger partial charge in [-0.15, -0.1) is 0 Å². The largest absolute Gasteiger partial charge is 0.494 e. The lowest BCUT2D eigenvalue weighted by Gasteiger charge is -2.10. The number of nitrogens with zero attached hydrogens (tertiary/aromatic N) is 1. The van der Waals surface area contributed by atoms with E-state index in [1.54, 1.807) is 0 Å². The molecule has 0 atom stereocenters. The van der Waals surface area contributed by atoms with Crippen molar-refractivity contribution in [3.63, 3.8) is 0 Å². The summed E-state index contributed by atoms with van der Waals surface area (Å²) in [5.41, 5.74) is -0.0490. The first-order valence-electron chi connectivity index (χ1n) is 3.77. The molecule has 15 heavy (non-hydrogen) atoms. The fourth-order valence-corrected chi connectivity index (χ4v) is 3.40. The van der Waals surface area contributed by atoms with Crippen molar-refractivity contribution >= 4 is 50.9 Å². The Morgan fingerprint density at radius 2 is 1.80 bits per heavy atom. The summed E-state index contributed by atoms with van der Waals surface area (Å²) in [6.45, 7) is 0. The standard InChI is InChI=1S/C8H7I2NO4/c1-14-7-4(9)3-5(11(12)13)8(15-2)6(7)10/h3H,1-2H3. The minimum absolute atomic E-state index is 0.0490. The molecule has 0 amide bonds. The van der Waals surface area contributed by atoms with Crippen LogP contribution in [0.3, 0.4) is 0 Å². The predicted molar refractivity (Wildman–Crippen MR) is 71.6 cm³/mol. The summed E-state index contributed by atoms with van der Waals surface area (Å²) in [7, 11) is 2.92. The Hall–Kier alpha value is -0.320. The van der Waals surface area contributed by atoms with Gasteiger partial charge in [-0.1, -0.05) is 0 Å². The molecule has 7 heteroatoms. The summed E-state index contributed by atoms with van der Waals surface area (Å²) in [6.07, 6.45) is 0. The Morgan fingerprint density at radius 1 is 1.27 bits per heavy atom. The minimum atomic E-state index is -0.470. The van der Waals surface area contributed by atoms with Gasteiger partial charge in [-0.05, 0) is 45.2 Å². The summed E-state index contributed by atoms with van der Waals surface area (Å²) in [5.74, 6) is 0.830. The number of benzene rings is 1. The van der Waals surface area contributed by atoms with Gasteiger partial charge >= 0.3 is 5.69 Å². The van der Waals surface area contributed by atoms with Crippen molar-refractivity contribution in [1.29, 1.82) is 0 Å². The molecular formula is C8H7I2NO4. The molecule has 0 aromatic heterocycles. The minimum Gasteiger partial charge on any atom is -0.494 e. The summed E-state index contributed by atoms with van der Waals surface area (Å²) in [6, 6.07) is 1.43. The van der Waals surface area contributed by atoms with Crippen LogP contribution in [-0.4, -0.2) is 19.1 Å². The molecule has 0 unspecified atom stereocenters. The number of methoxy groups -OCH3 is 2. The number of hydrogen-bond donors (Lipinski definition) is 0. The Labute approximate surface area is 114 Å². The molecule has 0 bridgehead atoms. The number of hydrogen-bond acceptors (Lipinski definition) is 4. The van der Waals surface area contributed by atoms with Gasteiger partial charge in [0.15, 0.2) is 0 Å². The first-order chi connectivity index (χ1) is 7.02. The molecule has 0 radical (unpaired) electrons. The van der Waals surface area contributed by atoms with Crippen LogP contribution in [0, 0.1) is 17.3 Å². The zero-order valence-corrected chi connectivity index (χ0v) is 12.2. The van der Waals surface area contributed by atoms with E-state index in [9.17, 15) is 10.1 Å². The van der Waals surface area contributed by atoms with Crippen molar-refractivity contribution in [2.24, 2.45) is 0 Å². The van der Waals surface area contributed by atoms with Gasteiger partial charge in [-0.2, -0.15) is 0 Å². The second-order valence-corrected chi connectivity index (χ2v) is 4.76. The quantitative estimate of drug-likeness (QED) is 0.417. The van der Waals surface area contributed by atoms with Crippen LogP contribution in [-0.2, 0) is 0 Å². The maximum atomic E-state index is 10.8. The lowest BCUT2D eigenvalue weighted by atomic mass is 10.3. The number of nitro benzene ring substituents is 1. The smallest absolute Gasteiger partial charge is 0.313 e. The number of nitro groups is 1. The SMILES string of the molecule is COc1c(I)cc([N+](=O)[O-])c(OC)c1I. The molecule has 0 N–H and O–H groups in total. The second kappa shape index (κ2) is 5.14. The molecule has 0 saturated carbocycles. The zero-order chi connectivity index (χ0) is 11.6. The molecule has 0 spiro atoms. The van der Waals surface area contributed by atoms with E-state index in [2.05, 4.69) is 0 Å². The molecule has 82 valence electrons. The highest BCUT2D eigenvalue weighted by molar-refractivity contribution is 14.1. The Morgan fingerprint density at radius 3 is 2.20 bits per heavy atom. The van der Waals surface area contributed by atoms with Crippen LogP contribution >= 0.6 is 45.2 Å². The van der Waals surface area contributed by atoms with Crippen LogP contribution in [0.4, 0.5) is 5.69 Å². The highest BCUT2D eigenvalue weighted by Gasteiger charge is 2.23. The third-order valence-corrected chi connectivity index (χ3v) is 3.50. The Kier molecular flexibility index (Phi) is 4.37. The Balaban J connectivity index is 3.51. The van der Waals surface area contributed by atoms with Crippen molar-refractivity contribution in [2.75, 3.05) is 14.2 Å². The molecule has 0 heterocycles. The van der Waals surface area contributed by atoms with Crippen LogP contribution in [0.25, 0.3) is 0 Å². The molecule has 1 aromatic carbocycles. The molecule has 0 saturated heterocycles. The first-order valence-corrected chi connectivity index (χ1v) is 5.93. The molecule has 1 rings (SSSR count). The zero-order valence-electron chi connectivity index (χ0n) is 7.91. The molecule has 0 aliphatic heterocycles. The maximum Gasteiger partial charge on any atom is 0.313 e. The first kappa shape index (κ1) is 12.7. The van der Waals surface area contributed by atoms with Gasteiger partial charge in [0.2, 0.25) is 5.75 Å². The topological polar surface area (TPSA) is 61.6 Å². The van der Waals surface area contributed by atoms with Crippen molar-refractivity contribution in [3.8, 4) is 11.5 Å². The summed E-state index contributed by atoms with van der Waals surface area (Å²) >= 11 is 3.95. The molecule has 5 nitrogen and oxygen atoms in total. The molecule has 0 fully saturated rings. The molecule has 1 aromatic rings. The summed E-state index contributed by atoms with van der Waals surface area (Å²) in [4.78, 5) is 10.3. The van der Waals surface area contributed by atoms with Crippen LogP contribution in [0.2, 0.25) is 0 Å². The maximum absolute atomic E-state index is 10.8. The van der Waals surface area contributed by atoms with E-state index >= 15 is 0 Å². The third kappa shape index (κ3) is 2.44. The fourth-order valence-electron chi connectivity index (χ4n) is 1.09. The van der Waals surface area contributed by atoms with E-state index in [0.29, 0.717) is 12.9 Å². The van der Waals surface area contributed by atoms with E-state index in [-0.39, 0.29) is 11.4 Å². The van der Waals surface area contributed by atoms with Gasteiger partial charge in [-0.3, -0.25) is 10.1 Å². The van der Waals surface area contributed by atoms with Gasteiger partial charge in [0.1, 0.15) is 9.32 Å². The van der Waals surface area contributed by atoms with E-state index in [1.807, 2.05) is 45.2 Å². The van der Waals surface area contributed by atoms with Crippen molar-refractivity contribution < 1.29 is 14.4 Å². The van der Waals surface area contributed by atoms with Crippen LogP contribution in [0.5, 0.6) is 11.5 Å². The van der Waals surface area contributed by atoms with E-state index in [1.165, 1.54) is 20.3 Å². The summed E-state index contributed by atoms with van der Waals surface area (Å²) < 4.78 is 11.4. The van der Waals surface area contributed by atoms with E-state index < -0.39 is 4.92 Å². The predicted octanol–water partition coefficient (Wildman–Crippen LogP) is 2.82. The number of ether oxygens (including phenoxy) is 2. The fraction of sp³-hybridized carbons (Fsp3) is 0.250. The third-order valence-electron chi connectivity index (χ3n) is 1.72. The van der Waals surface area contributed by atoms with Gasteiger partial charge in [0.05, 0.1) is 22.7 Å². The van der Waals surface area contributed by atoms with Gasteiger partial charge in [-0.25, -0.2) is 0 Å². The van der Waals surface area contributed by atoms with Crippen molar-refractivity contribution in [3.05, 3.63) is 23.3 Å². The number of rotatable bonds is 3. The van der Waals surface area contributed by atoms with Crippen LogP contribution in [0.1, 0.15) is 0 Å². The lowest BCUT2D eigenvalue weighted by molar-refractivity contribution is -0.385. The number of halogens is 2. The van der Waals surface area contributed by atoms with Gasteiger partial charge < -0.3 is 9.47 Å². The Bertz CT molecular complexity index is 408. The van der Waals surface area contributed by atoms with Crippen molar-refractivity contribution in [1.82, 2.24) is 0 Å². The molecular weight excluding hydrogens is 428 g/mol. The lowest BCUT2D eigenvalue weighted by Crippen LogP contribution is -2.00. The monoisotopic (exact) mass is 435 g/mol. The van der Waals surface area contributed by atoms with E-state index in [0.717, 1.165) is 0 Å². The van der Waals surface area contributed by atoms with Gasteiger partial charge in [0.25, 0.3) is 0 Å². The van der Waals surface area contributed by atoms with Gasteiger partial charge in [0, 0.05) is 6.07 Å². The average molecular weight is 435 g/mol. The average Bonchev–Trinajstić information content (AvgIpc) is 2.17. The second-order valence-electron chi connectivity index (χ2n) is 2.52. The highest BCUT2D eigenvalue weighted by atomic mass is 127. The van der Waals surface area contributed by atoms with Crippen LogP contribution in [0.15, 0.2) is 6.07 Å². The van der Waals surface area contributed by atoms with Crippen molar-refractivity contribution in [2.45, 2.75) is 0 Å². The summed E-state index contributed by atoms with van der Waals surface area (Å²) in [5, 5.41) is 10.8. The molecule has 0 aliphatic rings. The van der Waals surface area contributed by atoms with E-state index in [4.69, 9.17) is 9.47 Å². The highest BCUT2D eigenvalue weighted by Crippen LogP contribution is 2.41.